The minimum Gasteiger partial charge on any atom is -0.469 e. The molecule has 0 saturated heterocycles. The van der Waals surface area contributed by atoms with Crippen molar-refractivity contribution in [2.45, 2.75) is 25.8 Å². The summed E-state index contributed by atoms with van der Waals surface area (Å²) in [4.78, 5) is 22.9. The maximum atomic E-state index is 12.7. The Morgan fingerprint density at radius 1 is 1.33 bits per heavy atom. The molecule has 4 nitrogen and oxygen atoms in total. The molecule has 0 bridgehead atoms. The van der Waals surface area contributed by atoms with Gasteiger partial charge in [0.25, 0.3) is 5.91 Å². The smallest absolute Gasteiger partial charge is 0.307 e. The number of carbonyl (C=O) groups excluding carboxylic acids is 2. The Morgan fingerprint density at radius 3 is 2.44 bits per heavy atom. The third kappa shape index (κ3) is 4.16. The second-order valence-electron chi connectivity index (χ2n) is 3.87. The first-order valence-corrected chi connectivity index (χ1v) is 5.70. The lowest BCUT2D eigenvalue weighted by Crippen LogP contribution is -2.36. The molecule has 1 amide bonds. The van der Waals surface area contributed by atoms with Crippen LogP contribution < -0.4 is 5.32 Å². The molecule has 0 saturated carbocycles. The molecule has 18 heavy (non-hydrogen) atoms. The van der Waals surface area contributed by atoms with Gasteiger partial charge >= 0.3 is 5.97 Å². The number of benzene rings is 1. The lowest BCUT2D eigenvalue weighted by atomic mass is 10.1. The number of nitrogens with one attached hydrogen (secondary N) is 1. The summed E-state index contributed by atoms with van der Waals surface area (Å²) in [5.74, 6) is -1.10. The standard InChI is InChI=1S/C13H16FNO3/c1-3-11(8-12(16)18-2)15-13(17)9-4-6-10(14)7-5-9/h4-7,11H,3,8H2,1-2H3,(H,15,17). The fourth-order valence-corrected chi connectivity index (χ4v) is 1.45. The molecule has 0 spiro atoms. The van der Waals surface area contributed by atoms with Crippen LogP contribution in [0.2, 0.25) is 0 Å². The first-order valence-electron chi connectivity index (χ1n) is 5.70. The van der Waals surface area contributed by atoms with Crippen LogP contribution in [0.25, 0.3) is 0 Å². The third-order valence-electron chi connectivity index (χ3n) is 2.58. The number of halogens is 1. The molecule has 0 radical (unpaired) electrons. The minimum absolute atomic E-state index is 0.125. The molecular weight excluding hydrogens is 237 g/mol. The van der Waals surface area contributed by atoms with Crippen molar-refractivity contribution >= 4 is 11.9 Å². The average Bonchev–Trinajstić information content (AvgIpc) is 2.38. The Labute approximate surface area is 105 Å². The van der Waals surface area contributed by atoms with Gasteiger partial charge in [0.05, 0.1) is 13.5 Å². The van der Waals surface area contributed by atoms with Crippen molar-refractivity contribution in [2.75, 3.05) is 7.11 Å². The number of hydrogen-bond acceptors (Lipinski definition) is 3. The quantitative estimate of drug-likeness (QED) is 0.815. The maximum Gasteiger partial charge on any atom is 0.307 e. The van der Waals surface area contributed by atoms with E-state index >= 15 is 0 Å². The number of ether oxygens (including phenoxy) is 1. The predicted molar refractivity (Wildman–Crippen MR) is 64.6 cm³/mol. The van der Waals surface area contributed by atoms with Crippen LogP contribution in [0.4, 0.5) is 4.39 Å². The summed E-state index contributed by atoms with van der Waals surface area (Å²) in [6, 6.07) is 4.95. The maximum absolute atomic E-state index is 12.7. The van der Waals surface area contributed by atoms with E-state index in [0.29, 0.717) is 12.0 Å². The van der Waals surface area contributed by atoms with E-state index in [-0.39, 0.29) is 24.3 Å². The summed E-state index contributed by atoms with van der Waals surface area (Å²) in [6.45, 7) is 1.86. The number of carbonyl (C=O) groups is 2. The zero-order chi connectivity index (χ0) is 13.5. The van der Waals surface area contributed by atoms with Crippen LogP contribution in [0.1, 0.15) is 30.1 Å². The highest BCUT2D eigenvalue weighted by molar-refractivity contribution is 5.94. The van der Waals surface area contributed by atoms with Crippen molar-refractivity contribution in [3.63, 3.8) is 0 Å². The Kier molecular flexibility index (Phi) is 5.30. The van der Waals surface area contributed by atoms with Crippen LogP contribution in [-0.2, 0) is 9.53 Å². The van der Waals surface area contributed by atoms with Crippen molar-refractivity contribution in [1.29, 1.82) is 0 Å². The number of rotatable bonds is 5. The van der Waals surface area contributed by atoms with Gasteiger partial charge < -0.3 is 10.1 Å². The number of amides is 1. The molecule has 1 rings (SSSR count). The molecule has 0 heterocycles. The van der Waals surface area contributed by atoms with Crippen LogP contribution in [-0.4, -0.2) is 25.0 Å². The highest BCUT2D eigenvalue weighted by Gasteiger charge is 2.15. The number of methoxy groups -OCH3 is 1. The second-order valence-corrected chi connectivity index (χ2v) is 3.87. The lowest BCUT2D eigenvalue weighted by molar-refractivity contribution is -0.141. The third-order valence-corrected chi connectivity index (χ3v) is 2.58. The van der Waals surface area contributed by atoms with Gasteiger partial charge in [0.1, 0.15) is 5.82 Å². The van der Waals surface area contributed by atoms with Crippen LogP contribution in [0, 0.1) is 5.82 Å². The summed E-state index contributed by atoms with van der Waals surface area (Å²) >= 11 is 0. The summed E-state index contributed by atoms with van der Waals surface area (Å²) < 4.78 is 17.2. The van der Waals surface area contributed by atoms with Gasteiger partial charge in [-0.15, -0.1) is 0 Å². The average molecular weight is 253 g/mol. The first-order chi connectivity index (χ1) is 8.56. The number of esters is 1. The fraction of sp³-hybridized carbons (Fsp3) is 0.385. The van der Waals surface area contributed by atoms with Gasteiger partial charge in [-0.3, -0.25) is 9.59 Å². The van der Waals surface area contributed by atoms with Gasteiger partial charge in [-0.25, -0.2) is 4.39 Å². The van der Waals surface area contributed by atoms with Crippen molar-refractivity contribution in [2.24, 2.45) is 0 Å². The van der Waals surface area contributed by atoms with E-state index in [0.717, 1.165) is 0 Å². The van der Waals surface area contributed by atoms with E-state index in [2.05, 4.69) is 10.1 Å². The molecule has 0 aromatic heterocycles. The monoisotopic (exact) mass is 253 g/mol. The molecular formula is C13H16FNO3. The molecule has 0 aliphatic rings. The molecule has 0 aliphatic carbocycles. The van der Waals surface area contributed by atoms with E-state index in [4.69, 9.17) is 0 Å². The SMILES string of the molecule is CCC(CC(=O)OC)NC(=O)c1ccc(F)cc1. The second kappa shape index (κ2) is 6.74. The van der Waals surface area contributed by atoms with Gasteiger partial charge in [0, 0.05) is 11.6 Å². The zero-order valence-corrected chi connectivity index (χ0v) is 10.4. The summed E-state index contributed by atoms with van der Waals surface area (Å²) in [5, 5.41) is 2.71. The van der Waals surface area contributed by atoms with Gasteiger partial charge in [0.15, 0.2) is 0 Å². The molecule has 1 unspecified atom stereocenters. The molecule has 98 valence electrons. The highest BCUT2D eigenvalue weighted by Crippen LogP contribution is 2.05. The van der Waals surface area contributed by atoms with E-state index in [1.165, 1.54) is 31.4 Å². The topological polar surface area (TPSA) is 55.4 Å². The van der Waals surface area contributed by atoms with Crippen molar-refractivity contribution < 1.29 is 18.7 Å². The Morgan fingerprint density at radius 2 is 1.94 bits per heavy atom. The highest BCUT2D eigenvalue weighted by atomic mass is 19.1. The molecule has 1 aromatic carbocycles. The van der Waals surface area contributed by atoms with Gasteiger partial charge in [-0.05, 0) is 30.7 Å². The fourth-order valence-electron chi connectivity index (χ4n) is 1.45. The number of hydrogen-bond donors (Lipinski definition) is 1. The minimum atomic E-state index is -0.395. The normalized spacial score (nSPS) is 11.7. The van der Waals surface area contributed by atoms with E-state index in [1.807, 2.05) is 6.92 Å². The Balaban J connectivity index is 2.61. The molecule has 0 aliphatic heterocycles. The van der Waals surface area contributed by atoms with Crippen molar-refractivity contribution in [3.05, 3.63) is 35.6 Å². The van der Waals surface area contributed by atoms with E-state index in [9.17, 15) is 14.0 Å². The van der Waals surface area contributed by atoms with Crippen LogP contribution in [0.5, 0.6) is 0 Å². The lowest BCUT2D eigenvalue weighted by Gasteiger charge is -2.15. The molecule has 1 N–H and O–H groups in total. The van der Waals surface area contributed by atoms with E-state index < -0.39 is 5.82 Å². The Bertz CT molecular complexity index is 417. The molecule has 1 aromatic rings. The van der Waals surface area contributed by atoms with Gasteiger partial charge in [0.2, 0.25) is 0 Å². The van der Waals surface area contributed by atoms with E-state index in [1.54, 1.807) is 0 Å². The van der Waals surface area contributed by atoms with Gasteiger partial charge in [-0.1, -0.05) is 6.92 Å². The molecule has 5 heteroatoms. The summed E-state index contributed by atoms with van der Waals surface area (Å²) in [5.41, 5.74) is 0.361. The largest absolute Gasteiger partial charge is 0.469 e. The van der Waals surface area contributed by atoms with Gasteiger partial charge in [-0.2, -0.15) is 0 Å². The summed E-state index contributed by atoms with van der Waals surface area (Å²) in [7, 11) is 1.30. The van der Waals surface area contributed by atoms with Crippen LogP contribution in [0.3, 0.4) is 0 Å². The van der Waals surface area contributed by atoms with Crippen LogP contribution in [0.15, 0.2) is 24.3 Å². The predicted octanol–water partition coefficient (Wildman–Crippen LogP) is 1.90. The zero-order valence-electron chi connectivity index (χ0n) is 10.4. The Hall–Kier alpha value is -1.91. The summed E-state index contributed by atoms with van der Waals surface area (Å²) in [6.07, 6.45) is 0.738. The van der Waals surface area contributed by atoms with Crippen molar-refractivity contribution in [3.8, 4) is 0 Å². The first kappa shape index (κ1) is 14.2. The van der Waals surface area contributed by atoms with Crippen LogP contribution >= 0.6 is 0 Å². The van der Waals surface area contributed by atoms with Crippen molar-refractivity contribution in [1.82, 2.24) is 5.32 Å². The molecule has 0 fully saturated rings. The molecule has 1 atom stereocenters.